The lowest BCUT2D eigenvalue weighted by Crippen LogP contribution is -2.39. The molecule has 1 heterocycles. The van der Waals surface area contributed by atoms with Crippen molar-refractivity contribution in [3.63, 3.8) is 0 Å². The molecular formula is C14H19Cl2N5OS. The Morgan fingerprint density at radius 2 is 2.13 bits per heavy atom. The normalized spacial score (nSPS) is 11.9. The summed E-state index contributed by atoms with van der Waals surface area (Å²) in [4.78, 5) is 12.8. The van der Waals surface area contributed by atoms with Crippen LogP contribution < -0.4 is 11.1 Å². The Labute approximate surface area is 150 Å². The van der Waals surface area contributed by atoms with E-state index in [1.165, 1.54) is 11.8 Å². The fourth-order valence-electron chi connectivity index (χ4n) is 1.65. The Balaban J connectivity index is 0.00000264. The van der Waals surface area contributed by atoms with E-state index >= 15 is 0 Å². The van der Waals surface area contributed by atoms with Gasteiger partial charge >= 0.3 is 0 Å². The lowest BCUT2D eigenvalue weighted by atomic mass is 10.1. The number of aryl methyl sites for hydroxylation is 1. The Hall–Kier alpha value is -1.28. The van der Waals surface area contributed by atoms with Gasteiger partial charge in [-0.1, -0.05) is 25.4 Å². The third-order valence-electron chi connectivity index (χ3n) is 3.09. The Bertz CT molecular complexity index is 677. The van der Waals surface area contributed by atoms with Crippen molar-refractivity contribution in [3.8, 4) is 0 Å². The molecule has 0 fully saturated rings. The highest BCUT2D eigenvalue weighted by molar-refractivity contribution is 7.99. The SMILES string of the molecule is CC(C)[C@H](N)C(=O)Nc1ccc(Sc2nncn2C)c(Cl)c1.Cl. The summed E-state index contributed by atoms with van der Waals surface area (Å²) >= 11 is 7.67. The number of nitrogens with zero attached hydrogens (tertiary/aromatic N) is 3. The molecule has 0 spiro atoms. The van der Waals surface area contributed by atoms with Gasteiger partial charge in [0.15, 0.2) is 5.16 Å². The van der Waals surface area contributed by atoms with E-state index in [2.05, 4.69) is 15.5 Å². The van der Waals surface area contributed by atoms with Gasteiger partial charge in [-0.3, -0.25) is 4.79 Å². The van der Waals surface area contributed by atoms with E-state index in [1.54, 1.807) is 23.0 Å². The third kappa shape index (κ3) is 5.10. The molecule has 0 unspecified atom stereocenters. The van der Waals surface area contributed by atoms with Gasteiger partial charge in [0.05, 0.1) is 11.1 Å². The second-order valence-corrected chi connectivity index (χ2v) is 6.65. The summed E-state index contributed by atoms with van der Waals surface area (Å²) in [7, 11) is 1.86. The van der Waals surface area contributed by atoms with Crippen LogP contribution in [0.3, 0.4) is 0 Å². The number of amides is 1. The molecule has 1 atom stereocenters. The van der Waals surface area contributed by atoms with Crippen LogP contribution in [-0.4, -0.2) is 26.7 Å². The summed E-state index contributed by atoms with van der Waals surface area (Å²) in [6, 6.07) is 4.77. The Morgan fingerprint density at radius 3 is 2.65 bits per heavy atom. The van der Waals surface area contributed by atoms with E-state index in [4.69, 9.17) is 17.3 Å². The topological polar surface area (TPSA) is 85.8 Å². The molecule has 2 aromatic rings. The van der Waals surface area contributed by atoms with Gasteiger partial charge in [0.25, 0.3) is 0 Å². The summed E-state index contributed by atoms with van der Waals surface area (Å²) < 4.78 is 1.80. The highest BCUT2D eigenvalue weighted by atomic mass is 35.5. The molecule has 0 aliphatic heterocycles. The van der Waals surface area contributed by atoms with Crippen molar-refractivity contribution < 1.29 is 4.79 Å². The second-order valence-electron chi connectivity index (χ2n) is 5.23. The fourth-order valence-corrected chi connectivity index (χ4v) is 2.72. The summed E-state index contributed by atoms with van der Waals surface area (Å²) in [5.74, 6) is -0.152. The number of nitrogens with one attached hydrogen (secondary N) is 1. The largest absolute Gasteiger partial charge is 0.325 e. The molecule has 0 saturated carbocycles. The first-order chi connectivity index (χ1) is 10.4. The van der Waals surface area contributed by atoms with Crippen molar-refractivity contribution in [2.24, 2.45) is 18.7 Å². The molecule has 1 aromatic heterocycles. The number of aromatic nitrogens is 3. The molecule has 2 rings (SSSR count). The zero-order valence-corrected chi connectivity index (χ0v) is 15.4. The van der Waals surface area contributed by atoms with E-state index in [0.717, 1.165) is 10.1 Å². The van der Waals surface area contributed by atoms with Crippen LogP contribution in [0, 0.1) is 5.92 Å². The summed E-state index contributed by atoms with van der Waals surface area (Å²) in [5.41, 5.74) is 6.43. The number of carbonyl (C=O) groups is 1. The van der Waals surface area contributed by atoms with Gasteiger partial charge < -0.3 is 15.6 Å². The van der Waals surface area contributed by atoms with Gasteiger partial charge in [-0.2, -0.15) is 0 Å². The van der Waals surface area contributed by atoms with Crippen LogP contribution in [0.2, 0.25) is 5.02 Å². The quantitative estimate of drug-likeness (QED) is 0.838. The minimum atomic E-state index is -0.550. The monoisotopic (exact) mass is 375 g/mol. The van der Waals surface area contributed by atoms with E-state index in [9.17, 15) is 4.79 Å². The van der Waals surface area contributed by atoms with Crippen molar-refractivity contribution in [2.45, 2.75) is 29.9 Å². The molecule has 9 heteroatoms. The van der Waals surface area contributed by atoms with Crippen molar-refractivity contribution in [1.82, 2.24) is 14.8 Å². The van der Waals surface area contributed by atoms with Crippen molar-refractivity contribution in [2.75, 3.05) is 5.32 Å². The van der Waals surface area contributed by atoms with Crippen LogP contribution in [0.5, 0.6) is 0 Å². The smallest absolute Gasteiger partial charge is 0.241 e. The molecule has 0 aliphatic carbocycles. The standard InChI is InChI=1S/C14H18ClN5OS.ClH/c1-8(2)12(16)13(21)18-9-4-5-11(10(15)6-9)22-14-19-17-7-20(14)3;/h4-8,12H,16H2,1-3H3,(H,18,21);1H/t12-;/m0./s1. The second kappa shape index (κ2) is 8.54. The number of anilines is 1. The van der Waals surface area contributed by atoms with E-state index in [1.807, 2.05) is 27.0 Å². The molecule has 0 saturated heterocycles. The summed E-state index contributed by atoms with van der Waals surface area (Å²) in [6.07, 6.45) is 1.62. The fraction of sp³-hybridized carbons (Fsp3) is 0.357. The predicted octanol–water partition coefficient (Wildman–Crippen LogP) is 2.96. The zero-order chi connectivity index (χ0) is 16.3. The molecule has 0 bridgehead atoms. The Morgan fingerprint density at radius 1 is 1.43 bits per heavy atom. The maximum Gasteiger partial charge on any atom is 0.241 e. The van der Waals surface area contributed by atoms with Gasteiger partial charge in [-0.05, 0) is 35.9 Å². The molecule has 1 aromatic carbocycles. The molecule has 23 heavy (non-hydrogen) atoms. The number of halogens is 2. The molecule has 0 aliphatic rings. The van der Waals surface area contributed by atoms with Crippen molar-refractivity contribution in [1.29, 1.82) is 0 Å². The van der Waals surface area contributed by atoms with Crippen LogP contribution >= 0.6 is 35.8 Å². The molecule has 126 valence electrons. The number of hydrogen-bond donors (Lipinski definition) is 2. The van der Waals surface area contributed by atoms with Gasteiger partial charge in [-0.15, -0.1) is 22.6 Å². The lowest BCUT2D eigenvalue weighted by Gasteiger charge is -2.15. The van der Waals surface area contributed by atoms with Gasteiger partial charge in [0.1, 0.15) is 6.33 Å². The first-order valence-corrected chi connectivity index (χ1v) is 7.95. The van der Waals surface area contributed by atoms with E-state index in [-0.39, 0.29) is 24.2 Å². The lowest BCUT2D eigenvalue weighted by molar-refractivity contribution is -0.118. The van der Waals surface area contributed by atoms with Crippen LogP contribution in [0.1, 0.15) is 13.8 Å². The summed E-state index contributed by atoms with van der Waals surface area (Å²) in [6.45, 7) is 3.80. The number of hydrogen-bond acceptors (Lipinski definition) is 5. The molecule has 0 radical (unpaired) electrons. The summed E-state index contributed by atoms with van der Waals surface area (Å²) in [5, 5.41) is 11.9. The average molecular weight is 376 g/mol. The van der Waals surface area contributed by atoms with Crippen LogP contribution in [0.4, 0.5) is 5.69 Å². The predicted molar refractivity (Wildman–Crippen MR) is 95.3 cm³/mol. The van der Waals surface area contributed by atoms with E-state index in [0.29, 0.717) is 10.7 Å². The highest BCUT2D eigenvalue weighted by Gasteiger charge is 2.17. The number of nitrogens with two attached hydrogens (primary N) is 1. The first-order valence-electron chi connectivity index (χ1n) is 6.76. The van der Waals surface area contributed by atoms with Crippen molar-refractivity contribution >= 4 is 47.4 Å². The Kier molecular flexibility index (Phi) is 7.34. The van der Waals surface area contributed by atoms with Gasteiger partial charge in [-0.25, -0.2) is 0 Å². The maximum absolute atomic E-state index is 11.9. The highest BCUT2D eigenvalue weighted by Crippen LogP contribution is 2.33. The number of carbonyl (C=O) groups excluding carboxylic acids is 1. The molecule has 3 N–H and O–H groups in total. The number of benzene rings is 1. The minimum absolute atomic E-state index is 0. The number of rotatable bonds is 5. The molecular weight excluding hydrogens is 357 g/mol. The third-order valence-corrected chi connectivity index (χ3v) is 4.64. The minimum Gasteiger partial charge on any atom is -0.325 e. The van der Waals surface area contributed by atoms with Crippen LogP contribution in [-0.2, 0) is 11.8 Å². The van der Waals surface area contributed by atoms with Crippen LogP contribution in [0.25, 0.3) is 0 Å². The zero-order valence-electron chi connectivity index (χ0n) is 13.0. The van der Waals surface area contributed by atoms with Gasteiger partial charge in [0.2, 0.25) is 5.91 Å². The van der Waals surface area contributed by atoms with E-state index < -0.39 is 6.04 Å². The van der Waals surface area contributed by atoms with Gasteiger partial charge in [0, 0.05) is 17.6 Å². The van der Waals surface area contributed by atoms with Crippen molar-refractivity contribution in [3.05, 3.63) is 29.5 Å². The average Bonchev–Trinajstić information content (AvgIpc) is 2.86. The molecule has 1 amide bonds. The first kappa shape index (κ1) is 19.8. The van der Waals surface area contributed by atoms with Crippen LogP contribution in [0.15, 0.2) is 34.6 Å². The molecule has 6 nitrogen and oxygen atoms in total. The maximum atomic E-state index is 11.9.